The standard InChI is InChI=1S/C15H17IN2OS/c1-11-7-13(16)3-4-14(11)17-15(19)9-18(2)8-12-5-6-20-10-12/h3-7,10H,8-9H2,1-2H3,(H,17,19)/p+1. The maximum absolute atomic E-state index is 12.1. The van der Waals surface area contributed by atoms with Gasteiger partial charge < -0.3 is 10.2 Å². The smallest absolute Gasteiger partial charge is 0.279 e. The van der Waals surface area contributed by atoms with Crippen molar-refractivity contribution in [3.8, 4) is 0 Å². The molecular formula is C15H18IN2OS+. The van der Waals surface area contributed by atoms with E-state index >= 15 is 0 Å². The number of rotatable bonds is 5. The Bertz CT molecular complexity index is 584. The van der Waals surface area contributed by atoms with E-state index in [4.69, 9.17) is 0 Å². The average Bonchev–Trinajstić information content (AvgIpc) is 2.85. The van der Waals surface area contributed by atoms with Crippen LogP contribution in [-0.4, -0.2) is 19.5 Å². The molecule has 0 bridgehead atoms. The summed E-state index contributed by atoms with van der Waals surface area (Å²) in [5.74, 6) is 0.0574. The third kappa shape index (κ3) is 4.57. The van der Waals surface area contributed by atoms with E-state index in [0.29, 0.717) is 6.54 Å². The van der Waals surface area contributed by atoms with Crippen LogP contribution in [0.5, 0.6) is 0 Å². The summed E-state index contributed by atoms with van der Waals surface area (Å²) < 4.78 is 1.18. The molecule has 0 spiro atoms. The molecule has 2 aromatic rings. The number of benzene rings is 1. The van der Waals surface area contributed by atoms with Crippen molar-refractivity contribution in [2.24, 2.45) is 0 Å². The zero-order valence-electron chi connectivity index (χ0n) is 11.6. The topological polar surface area (TPSA) is 33.5 Å². The summed E-state index contributed by atoms with van der Waals surface area (Å²) in [5.41, 5.74) is 3.28. The molecule has 1 unspecified atom stereocenters. The first-order valence-corrected chi connectivity index (χ1v) is 8.45. The van der Waals surface area contributed by atoms with Crippen LogP contribution in [0.2, 0.25) is 0 Å². The second-order valence-corrected chi connectivity index (χ2v) is 6.98. The lowest BCUT2D eigenvalue weighted by molar-refractivity contribution is -0.885. The number of quaternary nitrogens is 1. The monoisotopic (exact) mass is 401 g/mol. The van der Waals surface area contributed by atoms with Gasteiger partial charge in [0.05, 0.1) is 7.05 Å². The molecule has 106 valence electrons. The first kappa shape index (κ1) is 15.5. The van der Waals surface area contributed by atoms with E-state index in [9.17, 15) is 4.79 Å². The predicted octanol–water partition coefficient (Wildman–Crippen LogP) is 2.31. The van der Waals surface area contributed by atoms with Gasteiger partial charge in [0, 0.05) is 14.8 Å². The molecule has 0 saturated carbocycles. The minimum absolute atomic E-state index is 0.0574. The summed E-state index contributed by atoms with van der Waals surface area (Å²) >= 11 is 3.96. The number of hydrogen-bond acceptors (Lipinski definition) is 2. The molecule has 2 N–H and O–H groups in total. The second-order valence-electron chi connectivity index (χ2n) is 4.95. The highest BCUT2D eigenvalue weighted by atomic mass is 127. The molecule has 5 heteroatoms. The zero-order chi connectivity index (χ0) is 14.5. The Hall–Kier alpha value is -0.920. The van der Waals surface area contributed by atoms with Crippen molar-refractivity contribution in [2.45, 2.75) is 13.5 Å². The van der Waals surface area contributed by atoms with Crippen LogP contribution in [0.25, 0.3) is 0 Å². The average molecular weight is 401 g/mol. The maximum Gasteiger partial charge on any atom is 0.279 e. The number of likely N-dealkylation sites (N-methyl/N-ethyl adjacent to an activating group) is 1. The number of amides is 1. The summed E-state index contributed by atoms with van der Waals surface area (Å²) in [6.07, 6.45) is 0. The maximum atomic E-state index is 12.1. The van der Waals surface area contributed by atoms with E-state index in [0.717, 1.165) is 17.8 Å². The highest BCUT2D eigenvalue weighted by molar-refractivity contribution is 14.1. The van der Waals surface area contributed by atoms with Crippen molar-refractivity contribution in [3.63, 3.8) is 0 Å². The Morgan fingerprint density at radius 1 is 1.40 bits per heavy atom. The van der Waals surface area contributed by atoms with Gasteiger partial charge in [-0.05, 0) is 70.1 Å². The molecule has 0 aliphatic rings. The van der Waals surface area contributed by atoms with Gasteiger partial charge in [-0.1, -0.05) is 0 Å². The molecule has 0 aliphatic heterocycles. The van der Waals surface area contributed by atoms with Gasteiger partial charge in [0.25, 0.3) is 5.91 Å². The number of thiophene rings is 1. The van der Waals surface area contributed by atoms with Crippen LogP contribution < -0.4 is 10.2 Å². The Labute approximate surface area is 137 Å². The number of aryl methyl sites for hydroxylation is 1. The molecule has 3 nitrogen and oxygen atoms in total. The third-order valence-electron chi connectivity index (χ3n) is 3.01. The number of anilines is 1. The molecule has 0 fully saturated rings. The van der Waals surface area contributed by atoms with Crippen LogP contribution in [0, 0.1) is 10.5 Å². The van der Waals surface area contributed by atoms with Gasteiger partial charge in [0.15, 0.2) is 6.54 Å². The first-order valence-electron chi connectivity index (χ1n) is 6.43. The molecule has 1 atom stereocenters. The van der Waals surface area contributed by atoms with Gasteiger partial charge in [-0.3, -0.25) is 4.79 Å². The molecular weight excluding hydrogens is 383 g/mol. The highest BCUT2D eigenvalue weighted by Gasteiger charge is 2.12. The minimum atomic E-state index is 0.0574. The lowest BCUT2D eigenvalue weighted by Gasteiger charge is -2.14. The fourth-order valence-electron chi connectivity index (χ4n) is 2.04. The summed E-state index contributed by atoms with van der Waals surface area (Å²) in [4.78, 5) is 13.2. The van der Waals surface area contributed by atoms with Gasteiger partial charge >= 0.3 is 0 Å². The van der Waals surface area contributed by atoms with E-state index in [1.165, 1.54) is 14.0 Å². The summed E-state index contributed by atoms with van der Waals surface area (Å²) in [7, 11) is 2.04. The number of halogens is 1. The molecule has 2 rings (SSSR count). The quantitative estimate of drug-likeness (QED) is 0.741. The number of nitrogens with one attached hydrogen (secondary N) is 2. The predicted molar refractivity (Wildman–Crippen MR) is 92.3 cm³/mol. The van der Waals surface area contributed by atoms with Crippen LogP contribution in [0.1, 0.15) is 11.1 Å². The molecule has 1 amide bonds. The SMILES string of the molecule is Cc1cc(I)ccc1NC(=O)C[NH+](C)Cc1ccsc1. The van der Waals surface area contributed by atoms with E-state index in [1.54, 1.807) is 11.3 Å². The third-order valence-corrected chi connectivity index (χ3v) is 4.41. The molecule has 20 heavy (non-hydrogen) atoms. The molecule has 0 saturated heterocycles. The van der Waals surface area contributed by atoms with Gasteiger partial charge in [-0.25, -0.2) is 0 Å². The van der Waals surface area contributed by atoms with E-state index < -0.39 is 0 Å². The lowest BCUT2D eigenvalue weighted by atomic mass is 10.2. The van der Waals surface area contributed by atoms with Gasteiger partial charge in [-0.2, -0.15) is 11.3 Å². The van der Waals surface area contributed by atoms with Crippen molar-refractivity contribution in [2.75, 3.05) is 18.9 Å². The van der Waals surface area contributed by atoms with E-state index in [1.807, 2.05) is 26.1 Å². The summed E-state index contributed by atoms with van der Waals surface area (Å²) in [6, 6.07) is 8.14. The van der Waals surface area contributed by atoms with Crippen molar-refractivity contribution in [1.82, 2.24) is 0 Å². The fourth-order valence-corrected chi connectivity index (χ4v) is 3.36. The molecule has 1 aromatic carbocycles. The summed E-state index contributed by atoms with van der Waals surface area (Å²) in [5, 5.41) is 7.18. The first-order chi connectivity index (χ1) is 9.54. The number of carbonyl (C=O) groups is 1. The molecule has 1 heterocycles. The Kier molecular flexibility index (Phi) is 5.56. The van der Waals surface area contributed by atoms with Crippen LogP contribution >= 0.6 is 33.9 Å². The van der Waals surface area contributed by atoms with Crippen molar-refractivity contribution >= 4 is 45.5 Å². The van der Waals surface area contributed by atoms with Crippen molar-refractivity contribution in [3.05, 3.63) is 49.7 Å². The number of carbonyl (C=O) groups excluding carboxylic acids is 1. The highest BCUT2D eigenvalue weighted by Crippen LogP contribution is 2.17. The van der Waals surface area contributed by atoms with Gasteiger partial charge in [0.1, 0.15) is 6.54 Å². The summed E-state index contributed by atoms with van der Waals surface area (Å²) in [6.45, 7) is 3.36. The van der Waals surface area contributed by atoms with Crippen LogP contribution in [0.3, 0.4) is 0 Å². The van der Waals surface area contributed by atoms with E-state index in [2.05, 4.69) is 50.8 Å². The Morgan fingerprint density at radius 2 is 2.20 bits per heavy atom. The van der Waals surface area contributed by atoms with Crippen LogP contribution in [0.15, 0.2) is 35.0 Å². The Morgan fingerprint density at radius 3 is 2.85 bits per heavy atom. The largest absolute Gasteiger partial charge is 0.326 e. The van der Waals surface area contributed by atoms with E-state index in [-0.39, 0.29) is 5.91 Å². The molecule has 1 aromatic heterocycles. The number of hydrogen-bond donors (Lipinski definition) is 2. The molecule has 0 radical (unpaired) electrons. The van der Waals surface area contributed by atoms with Crippen molar-refractivity contribution < 1.29 is 9.69 Å². The van der Waals surface area contributed by atoms with Crippen LogP contribution in [-0.2, 0) is 11.3 Å². The second kappa shape index (κ2) is 7.19. The minimum Gasteiger partial charge on any atom is -0.326 e. The lowest BCUT2D eigenvalue weighted by Crippen LogP contribution is -3.08. The fraction of sp³-hybridized carbons (Fsp3) is 0.267. The zero-order valence-corrected chi connectivity index (χ0v) is 14.5. The van der Waals surface area contributed by atoms with Crippen LogP contribution in [0.4, 0.5) is 5.69 Å². The van der Waals surface area contributed by atoms with Crippen molar-refractivity contribution in [1.29, 1.82) is 0 Å². The van der Waals surface area contributed by atoms with Gasteiger partial charge in [-0.15, -0.1) is 0 Å². The Balaban J connectivity index is 1.88. The normalized spacial score (nSPS) is 12.2. The van der Waals surface area contributed by atoms with Gasteiger partial charge in [0.2, 0.25) is 0 Å². The molecule has 0 aliphatic carbocycles.